The minimum Gasteiger partial charge on any atom is -0.391 e. The zero-order valence-electron chi connectivity index (χ0n) is 12.9. The van der Waals surface area contributed by atoms with E-state index >= 15 is 0 Å². The van der Waals surface area contributed by atoms with Crippen LogP contribution in [0.25, 0.3) is 0 Å². The molecule has 0 amide bonds. The summed E-state index contributed by atoms with van der Waals surface area (Å²) < 4.78 is 0. The van der Waals surface area contributed by atoms with E-state index in [1.807, 2.05) is 0 Å². The number of rotatable bonds is 8. The zero-order valence-corrected chi connectivity index (χ0v) is 12.9. The van der Waals surface area contributed by atoms with E-state index in [-0.39, 0.29) is 11.6 Å². The summed E-state index contributed by atoms with van der Waals surface area (Å²) in [7, 11) is 0. The highest BCUT2D eigenvalue weighted by molar-refractivity contribution is 5.00. The van der Waals surface area contributed by atoms with Crippen molar-refractivity contribution >= 4 is 0 Å². The third-order valence-electron chi connectivity index (χ3n) is 5.19. The normalized spacial score (nSPS) is 20.8. The third-order valence-corrected chi connectivity index (χ3v) is 5.19. The Morgan fingerprint density at radius 1 is 1.00 bits per heavy atom. The maximum atomic E-state index is 10.8. The highest BCUT2D eigenvalue weighted by atomic mass is 16.3. The van der Waals surface area contributed by atoms with E-state index < -0.39 is 0 Å². The van der Waals surface area contributed by atoms with Gasteiger partial charge in [0, 0.05) is 5.54 Å². The van der Waals surface area contributed by atoms with E-state index in [0.29, 0.717) is 5.92 Å². The summed E-state index contributed by atoms with van der Waals surface area (Å²) >= 11 is 0. The van der Waals surface area contributed by atoms with E-state index in [1.54, 1.807) is 0 Å². The molecular formula is C16H33NO. The van der Waals surface area contributed by atoms with Crippen LogP contribution in [0.3, 0.4) is 0 Å². The Kier molecular flexibility index (Phi) is 6.65. The largest absolute Gasteiger partial charge is 0.391 e. The van der Waals surface area contributed by atoms with Crippen molar-refractivity contribution in [1.29, 1.82) is 0 Å². The van der Waals surface area contributed by atoms with Gasteiger partial charge in [0.1, 0.15) is 0 Å². The standard InChI is InChI=1S/C16H33NO/c1-5-14(6-2)13-15(18)16(11-9-10-12-16)17(7-3)8-4/h14-15,18H,5-13H2,1-4H3. The highest BCUT2D eigenvalue weighted by Gasteiger charge is 2.44. The van der Waals surface area contributed by atoms with E-state index in [0.717, 1.165) is 19.5 Å². The molecule has 0 aromatic rings. The first-order chi connectivity index (χ1) is 8.64. The van der Waals surface area contributed by atoms with Crippen molar-refractivity contribution in [3.8, 4) is 0 Å². The van der Waals surface area contributed by atoms with Crippen molar-refractivity contribution in [2.24, 2.45) is 5.92 Å². The molecule has 1 N–H and O–H groups in total. The van der Waals surface area contributed by atoms with Gasteiger partial charge < -0.3 is 5.11 Å². The van der Waals surface area contributed by atoms with Gasteiger partial charge in [-0.05, 0) is 38.3 Å². The van der Waals surface area contributed by atoms with Gasteiger partial charge in [0.25, 0.3) is 0 Å². The predicted molar refractivity (Wildman–Crippen MR) is 78.8 cm³/mol. The first-order valence-electron chi connectivity index (χ1n) is 8.07. The summed E-state index contributed by atoms with van der Waals surface area (Å²) in [6.07, 6.45) is 8.21. The molecule has 0 radical (unpaired) electrons. The van der Waals surface area contributed by atoms with Crippen molar-refractivity contribution in [1.82, 2.24) is 4.90 Å². The first kappa shape index (κ1) is 16.0. The average Bonchev–Trinajstić information content (AvgIpc) is 2.87. The maximum absolute atomic E-state index is 10.8. The van der Waals surface area contributed by atoms with Gasteiger partial charge in [-0.15, -0.1) is 0 Å². The Balaban J connectivity index is 2.77. The van der Waals surface area contributed by atoms with Crippen molar-refractivity contribution in [2.75, 3.05) is 13.1 Å². The van der Waals surface area contributed by atoms with E-state index in [4.69, 9.17) is 0 Å². The Morgan fingerprint density at radius 3 is 1.89 bits per heavy atom. The van der Waals surface area contributed by atoms with Gasteiger partial charge >= 0.3 is 0 Å². The lowest BCUT2D eigenvalue weighted by atomic mass is 9.81. The molecule has 2 nitrogen and oxygen atoms in total. The molecule has 1 aliphatic rings. The number of aliphatic hydroxyl groups is 1. The fraction of sp³-hybridized carbons (Fsp3) is 1.00. The van der Waals surface area contributed by atoms with Gasteiger partial charge in [-0.3, -0.25) is 4.90 Å². The summed E-state index contributed by atoms with van der Waals surface area (Å²) in [4.78, 5) is 2.52. The highest BCUT2D eigenvalue weighted by Crippen LogP contribution is 2.40. The van der Waals surface area contributed by atoms with Crippen LogP contribution in [0.2, 0.25) is 0 Å². The second-order valence-electron chi connectivity index (χ2n) is 5.92. The molecule has 1 aliphatic carbocycles. The molecule has 0 spiro atoms. The zero-order chi connectivity index (χ0) is 13.6. The molecule has 1 unspecified atom stereocenters. The van der Waals surface area contributed by atoms with Gasteiger partial charge in [-0.2, -0.15) is 0 Å². The van der Waals surface area contributed by atoms with E-state index in [9.17, 15) is 5.11 Å². The van der Waals surface area contributed by atoms with Gasteiger partial charge in [0.2, 0.25) is 0 Å². The summed E-state index contributed by atoms with van der Waals surface area (Å²) in [5, 5.41) is 10.8. The predicted octanol–water partition coefficient (Wildman–Crippen LogP) is 3.83. The number of aliphatic hydroxyl groups excluding tert-OH is 1. The second kappa shape index (κ2) is 7.49. The smallest absolute Gasteiger partial charge is 0.0726 e. The lowest BCUT2D eigenvalue weighted by Crippen LogP contribution is -2.55. The first-order valence-corrected chi connectivity index (χ1v) is 8.07. The minimum absolute atomic E-state index is 0.0894. The lowest BCUT2D eigenvalue weighted by Gasteiger charge is -2.45. The Morgan fingerprint density at radius 2 is 1.50 bits per heavy atom. The van der Waals surface area contributed by atoms with Crippen LogP contribution in [0.15, 0.2) is 0 Å². The molecule has 0 aromatic carbocycles. The van der Waals surface area contributed by atoms with Gasteiger partial charge in [-0.1, -0.05) is 53.4 Å². The van der Waals surface area contributed by atoms with Crippen LogP contribution >= 0.6 is 0 Å². The fourth-order valence-corrected chi connectivity index (χ4v) is 3.86. The summed E-state index contributed by atoms with van der Waals surface area (Å²) in [6.45, 7) is 11.1. The molecular weight excluding hydrogens is 222 g/mol. The van der Waals surface area contributed by atoms with Crippen molar-refractivity contribution in [3.63, 3.8) is 0 Å². The summed E-state index contributed by atoms with van der Waals surface area (Å²) in [6, 6.07) is 0. The molecule has 1 rings (SSSR count). The van der Waals surface area contributed by atoms with Crippen molar-refractivity contribution < 1.29 is 5.11 Å². The summed E-state index contributed by atoms with van der Waals surface area (Å²) in [5.74, 6) is 0.688. The molecule has 1 atom stereocenters. The number of hydrogen-bond donors (Lipinski definition) is 1. The summed E-state index contributed by atoms with van der Waals surface area (Å²) in [5.41, 5.74) is 0.0894. The van der Waals surface area contributed by atoms with Gasteiger partial charge in [0.05, 0.1) is 6.10 Å². The van der Waals surface area contributed by atoms with Crippen LogP contribution in [-0.2, 0) is 0 Å². The third kappa shape index (κ3) is 3.27. The lowest BCUT2D eigenvalue weighted by molar-refractivity contribution is -0.0371. The van der Waals surface area contributed by atoms with Crippen LogP contribution in [0.5, 0.6) is 0 Å². The molecule has 0 aliphatic heterocycles. The fourth-order valence-electron chi connectivity index (χ4n) is 3.86. The van der Waals surface area contributed by atoms with Crippen LogP contribution < -0.4 is 0 Å². The van der Waals surface area contributed by atoms with Crippen LogP contribution in [-0.4, -0.2) is 34.7 Å². The topological polar surface area (TPSA) is 23.5 Å². The second-order valence-corrected chi connectivity index (χ2v) is 5.92. The molecule has 0 bridgehead atoms. The molecule has 108 valence electrons. The van der Waals surface area contributed by atoms with Crippen molar-refractivity contribution in [2.45, 2.75) is 84.3 Å². The SMILES string of the molecule is CCC(CC)CC(O)C1(N(CC)CC)CCCC1. The molecule has 0 aromatic heterocycles. The van der Waals surface area contributed by atoms with Crippen LogP contribution in [0.4, 0.5) is 0 Å². The van der Waals surface area contributed by atoms with Gasteiger partial charge in [-0.25, -0.2) is 0 Å². The Bertz CT molecular complexity index is 215. The van der Waals surface area contributed by atoms with Crippen LogP contribution in [0, 0.1) is 5.92 Å². The Hall–Kier alpha value is -0.0800. The monoisotopic (exact) mass is 255 g/mol. The molecule has 1 saturated carbocycles. The Labute approximate surface area is 114 Å². The molecule has 0 heterocycles. The maximum Gasteiger partial charge on any atom is 0.0726 e. The molecule has 2 heteroatoms. The van der Waals surface area contributed by atoms with Crippen molar-refractivity contribution in [3.05, 3.63) is 0 Å². The van der Waals surface area contributed by atoms with E-state index in [2.05, 4.69) is 32.6 Å². The average molecular weight is 255 g/mol. The molecule has 0 saturated heterocycles. The molecule has 1 fully saturated rings. The minimum atomic E-state index is -0.134. The van der Waals surface area contributed by atoms with Gasteiger partial charge in [0.15, 0.2) is 0 Å². The number of hydrogen-bond acceptors (Lipinski definition) is 2. The number of likely N-dealkylation sites (N-methyl/N-ethyl adjacent to an activating group) is 1. The number of nitrogens with zero attached hydrogens (tertiary/aromatic N) is 1. The molecule has 18 heavy (non-hydrogen) atoms. The van der Waals surface area contributed by atoms with Crippen LogP contribution in [0.1, 0.15) is 72.6 Å². The van der Waals surface area contributed by atoms with E-state index in [1.165, 1.54) is 38.5 Å². The quantitative estimate of drug-likeness (QED) is 0.712.